The van der Waals surface area contributed by atoms with Crippen LogP contribution >= 0.6 is 15.9 Å². The van der Waals surface area contributed by atoms with Crippen molar-refractivity contribution >= 4 is 33.4 Å². The summed E-state index contributed by atoms with van der Waals surface area (Å²) in [7, 11) is 3.13. The van der Waals surface area contributed by atoms with E-state index in [2.05, 4.69) is 20.9 Å². The Bertz CT molecular complexity index is 1240. The number of Topliss-reactive ketones (excluding diaryl/α,β-unsaturated/α-hetero) is 1. The molecule has 0 bridgehead atoms. The van der Waals surface area contributed by atoms with Crippen LogP contribution in [-0.4, -0.2) is 47.4 Å². The lowest BCUT2D eigenvalue weighted by Crippen LogP contribution is -2.31. The number of methoxy groups -OCH3 is 2. The summed E-state index contributed by atoms with van der Waals surface area (Å²) in [5, 5.41) is 11.1. The van der Waals surface area contributed by atoms with Crippen LogP contribution < -0.4 is 9.47 Å². The fourth-order valence-corrected chi connectivity index (χ4v) is 4.31. The molecule has 1 saturated heterocycles. The number of amides is 1. The second kappa shape index (κ2) is 10.1. The van der Waals surface area contributed by atoms with Crippen molar-refractivity contribution in [3.8, 4) is 11.5 Å². The molecule has 1 N–H and O–H groups in total. The molecule has 34 heavy (non-hydrogen) atoms. The number of benzene rings is 2. The fourth-order valence-electron chi connectivity index (χ4n) is 4.04. The van der Waals surface area contributed by atoms with E-state index in [9.17, 15) is 14.7 Å². The standard InChI is InChI=1S/C26H23BrN2O5/c1-33-20-10-5-16(14-21(20)34-2)11-13-29-23(18-4-3-12-28-15-18)22(25(31)26(29)32)24(30)17-6-8-19(27)9-7-17/h3-10,12,14-15,23,30H,11,13H2,1-2H3/b24-22-. The molecule has 0 radical (unpaired) electrons. The number of carbonyl (C=O) groups excluding carboxylic acids is 2. The van der Waals surface area contributed by atoms with E-state index in [1.807, 2.05) is 12.1 Å². The number of ether oxygens (including phenoxy) is 2. The van der Waals surface area contributed by atoms with Crippen LogP contribution in [-0.2, 0) is 16.0 Å². The van der Waals surface area contributed by atoms with E-state index in [1.54, 1.807) is 69.1 Å². The van der Waals surface area contributed by atoms with Gasteiger partial charge in [-0.1, -0.05) is 40.2 Å². The van der Waals surface area contributed by atoms with Crippen LogP contribution in [0, 0.1) is 0 Å². The zero-order valence-electron chi connectivity index (χ0n) is 18.7. The minimum atomic E-state index is -0.752. The molecule has 3 aromatic rings. The van der Waals surface area contributed by atoms with E-state index in [1.165, 1.54) is 4.90 Å². The van der Waals surface area contributed by atoms with Gasteiger partial charge in [-0.15, -0.1) is 0 Å². The van der Waals surface area contributed by atoms with Gasteiger partial charge in [0.1, 0.15) is 5.76 Å². The highest BCUT2D eigenvalue weighted by Gasteiger charge is 2.45. The first-order valence-electron chi connectivity index (χ1n) is 10.6. The summed E-state index contributed by atoms with van der Waals surface area (Å²) in [6.45, 7) is 0.261. The van der Waals surface area contributed by atoms with Gasteiger partial charge in [0.15, 0.2) is 11.5 Å². The van der Waals surface area contributed by atoms with Crippen molar-refractivity contribution in [2.24, 2.45) is 0 Å². The van der Waals surface area contributed by atoms with Gasteiger partial charge in [-0.3, -0.25) is 14.6 Å². The Balaban J connectivity index is 1.72. The highest BCUT2D eigenvalue weighted by molar-refractivity contribution is 9.10. The first kappa shape index (κ1) is 23.5. The van der Waals surface area contributed by atoms with Crippen molar-refractivity contribution in [3.63, 3.8) is 0 Å². The molecule has 0 spiro atoms. The van der Waals surface area contributed by atoms with Gasteiger partial charge >= 0.3 is 0 Å². The smallest absolute Gasteiger partial charge is 0.295 e. The normalized spacial score (nSPS) is 17.1. The van der Waals surface area contributed by atoms with E-state index in [0.29, 0.717) is 29.0 Å². The fraction of sp³-hybridized carbons (Fsp3) is 0.192. The van der Waals surface area contributed by atoms with Crippen LogP contribution in [0.4, 0.5) is 0 Å². The van der Waals surface area contributed by atoms with E-state index >= 15 is 0 Å². The van der Waals surface area contributed by atoms with Crippen molar-refractivity contribution in [1.82, 2.24) is 9.88 Å². The molecule has 1 aliphatic rings. The minimum absolute atomic E-state index is 0.0487. The number of halogens is 1. The molecule has 1 unspecified atom stereocenters. The van der Waals surface area contributed by atoms with Crippen molar-refractivity contribution in [2.75, 3.05) is 20.8 Å². The monoisotopic (exact) mass is 522 g/mol. The topological polar surface area (TPSA) is 89.0 Å². The number of pyridine rings is 1. The minimum Gasteiger partial charge on any atom is -0.507 e. The molecule has 174 valence electrons. The van der Waals surface area contributed by atoms with Gasteiger partial charge < -0.3 is 19.5 Å². The maximum Gasteiger partial charge on any atom is 0.295 e. The lowest BCUT2D eigenvalue weighted by atomic mass is 9.96. The Morgan fingerprint density at radius 2 is 1.79 bits per heavy atom. The average molecular weight is 523 g/mol. The maximum atomic E-state index is 13.1. The molecule has 2 aromatic carbocycles. The van der Waals surface area contributed by atoms with E-state index in [0.717, 1.165) is 10.0 Å². The molecule has 2 heterocycles. The highest BCUT2D eigenvalue weighted by atomic mass is 79.9. The second-order valence-electron chi connectivity index (χ2n) is 7.73. The summed E-state index contributed by atoms with van der Waals surface area (Å²) >= 11 is 3.37. The van der Waals surface area contributed by atoms with Crippen LogP contribution in [0.15, 0.2) is 77.0 Å². The van der Waals surface area contributed by atoms with Crippen LogP contribution in [0.3, 0.4) is 0 Å². The van der Waals surface area contributed by atoms with Crippen molar-refractivity contribution in [2.45, 2.75) is 12.5 Å². The van der Waals surface area contributed by atoms with Gasteiger partial charge in [0.2, 0.25) is 0 Å². The first-order valence-corrected chi connectivity index (χ1v) is 11.4. The number of likely N-dealkylation sites (tertiary alicyclic amines) is 1. The number of hydrogen-bond acceptors (Lipinski definition) is 6. The number of aliphatic hydroxyl groups excluding tert-OH is 1. The summed E-state index contributed by atoms with van der Waals surface area (Å²) in [4.78, 5) is 31.8. The molecule has 1 amide bonds. The number of rotatable bonds is 7. The molecular weight excluding hydrogens is 500 g/mol. The predicted octanol–water partition coefficient (Wildman–Crippen LogP) is 4.53. The van der Waals surface area contributed by atoms with Gasteiger partial charge in [-0.2, -0.15) is 0 Å². The molecule has 4 rings (SSSR count). The lowest BCUT2D eigenvalue weighted by Gasteiger charge is -2.25. The first-order chi connectivity index (χ1) is 16.4. The molecule has 0 aliphatic carbocycles. The lowest BCUT2D eigenvalue weighted by molar-refractivity contribution is -0.139. The van der Waals surface area contributed by atoms with Gasteiger partial charge in [0.05, 0.1) is 25.8 Å². The molecule has 7 nitrogen and oxygen atoms in total. The summed E-state index contributed by atoms with van der Waals surface area (Å²) in [6, 6.07) is 15.2. The van der Waals surface area contributed by atoms with Gasteiger partial charge in [-0.05, 0) is 47.9 Å². The zero-order valence-corrected chi connectivity index (χ0v) is 20.3. The number of ketones is 1. The number of hydrogen-bond donors (Lipinski definition) is 1. The van der Waals surface area contributed by atoms with Crippen LogP contribution in [0.1, 0.15) is 22.7 Å². The molecule has 1 aliphatic heterocycles. The Labute approximate surface area is 205 Å². The third-order valence-corrected chi connectivity index (χ3v) is 6.28. The Morgan fingerprint density at radius 3 is 2.44 bits per heavy atom. The highest BCUT2D eigenvalue weighted by Crippen LogP contribution is 2.39. The summed E-state index contributed by atoms with van der Waals surface area (Å²) in [5.74, 6) is -0.402. The second-order valence-corrected chi connectivity index (χ2v) is 8.64. The van der Waals surface area contributed by atoms with Gasteiger partial charge in [-0.25, -0.2) is 0 Å². The largest absolute Gasteiger partial charge is 0.507 e. The van der Waals surface area contributed by atoms with Gasteiger partial charge in [0.25, 0.3) is 11.7 Å². The number of aromatic nitrogens is 1. The number of aliphatic hydroxyl groups is 1. The number of carbonyl (C=O) groups is 2. The summed E-state index contributed by atoms with van der Waals surface area (Å²) in [5.41, 5.74) is 2.06. The molecule has 0 saturated carbocycles. The maximum absolute atomic E-state index is 13.1. The van der Waals surface area contributed by atoms with Crippen molar-refractivity contribution in [3.05, 3.63) is 93.7 Å². The molecule has 1 fully saturated rings. The molecule has 8 heteroatoms. The molecule has 1 aromatic heterocycles. The van der Waals surface area contributed by atoms with E-state index < -0.39 is 17.7 Å². The van der Waals surface area contributed by atoms with Gasteiger partial charge in [0, 0.05) is 29.0 Å². The van der Waals surface area contributed by atoms with Crippen molar-refractivity contribution < 1.29 is 24.2 Å². The van der Waals surface area contributed by atoms with Crippen LogP contribution in [0.25, 0.3) is 5.76 Å². The zero-order chi connectivity index (χ0) is 24.2. The van der Waals surface area contributed by atoms with E-state index in [-0.39, 0.29) is 17.9 Å². The quantitative estimate of drug-likeness (QED) is 0.278. The Kier molecular flexibility index (Phi) is 6.98. The molecular formula is C26H23BrN2O5. The Hall–Kier alpha value is -3.65. The summed E-state index contributed by atoms with van der Waals surface area (Å²) < 4.78 is 11.5. The third-order valence-electron chi connectivity index (χ3n) is 5.75. The van der Waals surface area contributed by atoms with Crippen LogP contribution in [0.2, 0.25) is 0 Å². The third kappa shape index (κ3) is 4.54. The Morgan fingerprint density at radius 1 is 1.06 bits per heavy atom. The summed E-state index contributed by atoms with van der Waals surface area (Å²) in [6.07, 6.45) is 3.70. The number of nitrogens with zero attached hydrogens (tertiary/aromatic N) is 2. The predicted molar refractivity (Wildman–Crippen MR) is 131 cm³/mol. The average Bonchev–Trinajstić information content (AvgIpc) is 3.12. The SMILES string of the molecule is COc1ccc(CCN2C(=O)C(=O)/C(=C(\O)c3ccc(Br)cc3)C2c2cccnc2)cc1OC. The van der Waals surface area contributed by atoms with Crippen molar-refractivity contribution in [1.29, 1.82) is 0 Å². The molecule has 1 atom stereocenters. The van der Waals surface area contributed by atoms with E-state index in [4.69, 9.17) is 9.47 Å². The van der Waals surface area contributed by atoms with Crippen LogP contribution in [0.5, 0.6) is 11.5 Å².